The van der Waals surface area contributed by atoms with Crippen molar-refractivity contribution >= 4 is 33.2 Å². The van der Waals surface area contributed by atoms with Gasteiger partial charge in [-0.1, -0.05) is 60.1 Å². The van der Waals surface area contributed by atoms with E-state index >= 15 is 0 Å². The number of nitrogens with one attached hydrogen (secondary N) is 1. The third-order valence-corrected chi connectivity index (χ3v) is 7.90. The van der Waals surface area contributed by atoms with Crippen molar-refractivity contribution < 1.29 is 4.79 Å². The van der Waals surface area contributed by atoms with Gasteiger partial charge in [0.25, 0.3) is 5.91 Å². The standard InChI is InChI=1S/C26H29N7OS/c1-18-9-11-19(12-10-18)22-23(28-20-6-2-3-7-20)33-25(29-22)35-26(30-33)32-16-14-31(15-17-32)24(34)21-8-4-5-13-27-21/h4-5,8-13,20,28H,2-3,6-7,14-17H2,1H3. The molecule has 1 aliphatic carbocycles. The van der Waals surface area contributed by atoms with E-state index < -0.39 is 0 Å². The highest BCUT2D eigenvalue weighted by molar-refractivity contribution is 7.20. The third-order valence-electron chi connectivity index (χ3n) is 6.94. The number of hydrogen-bond donors (Lipinski definition) is 1. The van der Waals surface area contributed by atoms with Gasteiger partial charge in [-0.15, -0.1) is 5.10 Å². The van der Waals surface area contributed by atoms with Crippen LogP contribution in [0.1, 0.15) is 41.7 Å². The van der Waals surface area contributed by atoms with E-state index in [0.29, 0.717) is 24.8 Å². The van der Waals surface area contributed by atoms with Crippen LogP contribution in [0.2, 0.25) is 0 Å². The number of carbonyl (C=O) groups is 1. The molecule has 4 aromatic rings. The summed E-state index contributed by atoms with van der Waals surface area (Å²) in [4.78, 5) is 27.0. The Labute approximate surface area is 208 Å². The molecule has 0 radical (unpaired) electrons. The Kier molecular flexibility index (Phi) is 5.85. The summed E-state index contributed by atoms with van der Waals surface area (Å²) in [6.45, 7) is 4.89. The molecular formula is C26H29N7OS. The van der Waals surface area contributed by atoms with Crippen LogP contribution in [0, 0.1) is 6.92 Å². The molecule has 1 aromatic carbocycles. The molecule has 0 spiro atoms. The summed E-state index contributed by atoms with van der Waals surface area (Å²) in [6.07, 6.45) is 6.57. The number of anilines is 2. The Morgan fingerprint density at radius 2 is 1.80 bits per heavy atom. The summed E-state index contributed by atoms with van der Waals surface area (Å²) in [5.74, 6) is 0.979. The van der Waals surface area contributed by atoms with E-state index in [1.54, 1.807) is 23.6 Å². The lowest BCUT2D eigenvalue weighted by Gasteiger charge is -2.34. The molecular weight excluding hydrogens is 458 g/mol. The minimum Gasteiger partial charge on any atom is -0.365 e. The van der Waals surface area contributed by atoms with Gasteiger partial charge in [0.1, 0.15) is 11.4 Å². The fourth-order valence-corrected chi connectivity index (χ4v) is 5.88. The van der Waals surface area contributed by atoms with Gasteiger partial charge in [-0.25, -0.2) is 4.98 Å². The molecule has 2 aliphatic rings. The lowest BCUT2D eigenvalue weighted by Crippen LogP contribution is -2.49. The monoisotopic (exact) mass is 487 g/mol. The molecule has 6 rings (SSSR count). The Hall–Kier alpha value is -3.46. The Bertz CT molecular complexity index is 1320. The first-order valence-electron chi connectivity index (χ1n) is 12.3. The number of aryl methyl sites for hydroxylation is 1. The fourth-order valence-electron chi connectivity index (χ4n) is 4.92. The van der Waals surface area contributed by atoms with E-state index in [1.807, 2.05) is 21.5 Å². The maximum atomic E-state index is 12.8. The highest BCUT2D eigenvalue weighted by Crippen LogP contribution is 2.35. The number of carbonyl (C=O) groups excluding carboxylic acids is 1. The minimum atomic E-state index is -0.00928. The SMILES string of the molecule is Cc1ccc(-c2nc3sc(N4CCN(C(=O)c5ccccn5)CC4)nn3c2NC2CCCC2)cc1. The van der Waals surface area contributed by atoms with Crippen LogP contribution in [0.4, 0.5) is 10.9 Å². The van der Waals surface area contributed by atoms with E-state index in [0.717, 1.165) is 40.3 Å². The lowest BCUT2D eigenvalue weighted by atomic mass is 10.1. The summed E-state index contributed by atoms with van der Waals surface area (Å²) in [5.41, 5.74) is 3.81. The lowest BCUT2D eigenvalue weighted by molar-refractivity contribution is 0.0741. The number of piperazine rings is 1. The molecule has 0 bridgehead atoms. The van der Waals surface area contributed by atoms with Gasteiger partial charge in [0, 0.05) is 44.0 Å². The average Bonchev–Trinajstić information content (AvgIpc) is 3.63. The molecule has 1 saturated heterocycles. The molecule has 1 aliphatic heterocycles. The number of nitrogens with zero attached hydrogens (tertiary/aromatic N) is 6. The first kappa shape index (κ1) is 22.0. The molecule has 2 fully saturated rings. The van der Waals surface area contributed by atoms with E-state index in [-0.39, 0.29) is 5.91 Å². The topological polar surface area (TPSA) is 78.7 Å². The molecule has 4 heterocycles. The molecule has 1 N–H and O–H groups in total. The van der Waals surface area contributed by atoms with Crippen molar-refractivity contribution in [3.05, 3.63) is 59.9 Å². The number of imidazole rings is 1. The average molecular weight is 488 g/mol. The van der Waals surface area contributed by atoms with Gasteiger partial charge >= 0.3 is 0 Å². The maximum absolute atomic E-state index is 12.8. The van der Waals surface area contributed by atoms with Crippen LogP contribution >= 0.6 is 11.3 Å². The van der Waals surface area contributed by atoms with Crippen molar-refractivity contribution in [2.75, 3.05) is 36.4 Å². The van der Waals surface area contributed by atoms with Crippen molar-refractivity contribution in [2.24, 2.45) is 0 Å². The third kappa shape index (κ3) is 4.36. The molecule has 0 atom stereocenters. The molecule has 9 heteroatoms. The quantitative estimate of drug-likeness (QED) is 0.447. The zero-order chi connectivity index (χ0) is 23.8. The predicted octanol–water partition coefficient (Wildman–Crippen LogP) is 4.48. The summed E-state index contributed by atoms with van der Waals surface area (Å²) in [5, 5.41) is 9.71. The van der Waals surface area contributed by atoms with E-state index in [1.165, 1.54) is 31.2 Å². The van der Waals surface area contributed by atoms with Crippen LogP contribution in [0.25, 0.3) is 16.2 Å². The molecule has 8 nitrogen and oxygen atoms in total. The second kappa shape index (κ2) is 9.30. The molecule has 0 unspecified atom stereocenters. The highest BCUT2D eigenvalue weighted by Gasteiger charge is 2.27. The number of fused-ring (bicyclic) bond motifs is 1. The smallest absolute Gasteiger partial charge is 0.272 e. The second-order valence-corrected chi connectivity index (χ2v) is 10.3. The zero-order valence-electron chi connectivity index (χ0n) is 19.9. The van der Waals surface area contributed by atoms with Gasteiger partial charge < -0.3 is 15.1 Å². The van der Waals surface area contributed by atoms with Gasteiger partial charge in [0.05, 0.1) is 0 Å². The van der Waals surface area contributed by atoms with Crippen LogP contribution in [0.3, 0.4) is 0 Å². The van der Waals surface area contributed by atoms with E-state index in [2.05, 4.69) is 46.4 Å². The highest BCUT2D eigenvalue weighted by atomic mass is 32.1. The number of aromatic nitrogens is 4. The van der Waals surface area contributed by atoms with Gasteiger partial charge in [0.15, 0.2) is 5.82 Å². The normalized spacial score (nSPS) is 16.8. The molecule has 3 aromatic heterocycles. The van der Waals surface area contributed by atoms with Crippen molar-refractivity contribution in [1.82, 2.24) is 24.5 Å². The number of rotatable bonds is 5. The Morgan fingerprint density at radius 1 is 1.03 bits per heavy atom. The fraction of sp³-hybridized carbons (Fsp3) is 0.385. The van der Waals surface area contributed by atoms with Crippen LogP contribution in [0.15, 0.2) is 48.7 Å². The Balaban J connectivity index is 1.24. The zero-order valence-corrected chi connectivity index (χ0v) is 20.7. The summed E-state index contributed by atoms with van der Waals surface area (Å²) in [7, 11) is 0. The van der Waals surface area contributed by atoms with Crippen molar-refractivity contribution in [3.8, 4) is 11.3 Å². The molecule has 180 valence electrons. The first-order valence-corrected chi connectivity index (χ1v) is 13.2. The van der Waals surface area contributed by atoms with Crippen LogP contribution in [-0.4, -0.2) is 62.6 Å². The first-order chi connectivity index (χ1) is 17.2. The molecule has 1 saturated carbocycles. The van der Waals surface area contributed by atoms with Crippen molar-refractivity contribution in [2.45, 2.75) is 38.6 Å². The number of hydrogen-bond acceptors (Lipinski definition) is 7. The van der Waals surface area contributed by atoms with Crippen LogP contribution < -0.4 is 10.2 Å². The van der Waals surface area contributed by atoms with E-state index in [9.17, 15) is 4.79 Å². The minimum absolute atomic E-state index is 0.00928. The van der Waals surface area contributed by atoms with Crippen molar-refractivity contribution in [3.63, 3.8) is 0 Å². The molecule has 1 amide bonds. The summed E-state index contributed by atoms with van der Waals surface area (Å²) in [6, 6.07) is 14.5. The van der Waals surface area contributed by atoms with Gasteiger partial charge in [0.2, 0.25) is 10.1 Å². The summed E-state index contributed by atoms with van der Waals surface area (Å²) >= 11 is 1.61. The maximum Gasteiger partial charge on any atom is 0.272 e. The molecule has 35 heavy (non-hydrogen) atoms. The number of benzene rings is 1. The number of amides is 1. The van der Waals surface area contributed by atoms with Crippen LogP contribution in [-0.2, 0) is 0 Å². The van der Waals surface area contributed by atoms with E-state index in [4.69, 9.17) is 10.1 Å². The van der Waals surface area contributed by atoms with Crippen LogP contribution in [0.5, 0.6) is 0 Å². The summed E-state index contributed by atoms with van der Waals surface area (Å²) < 4.78 is 1.99. The van der Waals surface area contributed by atoms with Gasteiger partial charge in [-0.3, -0.25) is 9.78 Å². The Morgan fingerprint density at radius 3 is 2.51 bits per heavy atom. The number of pyridine rings is 1. The van der Waals surface area contributed by atoms with Gasteiger partial charge in [-0.2, -0.15) is 4.52 Å². The second-order valence-electron chi connectivity index (χ2n) is 9.37. The predicted molar refractivity (Wildman–Crippen MR) is 139 cm³/mol. The van der Waals surface area contributed by atoms with Crippen molar-refractivity contribution in [1.29, 1.82) is 0 Å². The van der Waals surface area contributed by atoms with Gasteiger partial charge in [-0.05, 0) is 31.9 Å². The largest absolute Gasteiger partial charge is 0.365 e.